The van der Waals surface area contributed by atoms with Gasteiger partial charge in [-0.1, -0.05) is 115 Å². The molecule has 0 saturated carbocycles. The Hall–Kier alpha value is -5.48. The van der Waals surface area contributed by atoms with Gasteiger partial charge < -0.3 is 4.90 Å². The van der Waals surface area contributed by atoms with Crippen molar-refractivity contribution in [1.82, 2.24) is 0 Å². The lowest BCUT2D eigenvalue weighted by atomic mass is 10.0. The minimum atomic E-state index is 1.14. The van der Waals surface area contributed by atoms with E-state index in [1.807, 2.05) is 22.7 Å². The number of anilines is 3. The van der Waals surface area contributed by atoms with Gasteiger partial charge >= 0.3 is 0 Å². The summed E-state index contributed by atoms with van der Waals surface area (Å²) in [6, 6.07) is 60.3. The lowest BCUT2D eigenvalue weighted by molar-refractivity contribution is 1.31. The smallest absolute Gasteiger partial charge is 0.0640 e. The van der Waals surface area contributed by atoms with E-state index in [-0.39, 0.29) is 0 Å². The van der Waals surface area contributed by atoms with Gasteiger partial charge in [0.25, 0.3) is 0 Å². The molecule has 8 aromatic carbocycles. The van der Waals surface area contributed by atoms with Gasteiger partial charge in [-0.2, -0.15) is 0 Å². The highest BCUT2D eigenvalue weighted by Crippen LogP contribution is 2.46. The van der Waals surface area contributed by atoms with Crippen molar-refractivity contribution in [3.8, 4) is 11.1 Å². The zero-order chi connectivity index (χ0) is 30.9. The van der Waals surface area contributed by atoms with Crippen LogP contribution in [0.1, 0.15) is 0 Å². The molecule has 3 heteroatoms. The van der Waals surface area contributed by atoms with Crippen molar-refractivity contribution in [3.63, 3.8) is 0 Å². The maximum absolute atomic E-state index is 2.44. The predicted molar refractivity (Wildman–Crippen MR) is 207 cm³/mol. The summed E-state index contributed by atoms with van der Waals surface area (Å²) in [5, 5.41) is 10.3. The van der Waals surface area contributed by atoms with Crippen LogP contribution in [0.15, 0.2) is 164 Å². The molecule has 0 amide bonds. The second-order valence-corrected chi connectivity index (χ2v) is 14.3. The largest absolute Gasteiger partial charge is 0.309 e. The summed E-state index contributed by atoms with van der Waals surface area (Å²) < 4.78 is 5.27. The Bertz CT molecular complexity index is 2800. The molecule has 0 saturated heterocycles. The van der Waals surface area contributed by atoms with E-state index >= 15 is 0 Å². The predicted octanol–water partition coefficient (Wildman–Crippen LogP) is 13.9. The number of thiophene rings is 2. The summed E-state index contributed by atoms with van der Waals surface area (Å²) in [7, 11) is 0. The summed E-state index contributed by atoms with van der Waals surface area (Å²) >= 11 is 3.74. The molecule has 0 unspecified atom stereocenters. The van der Waals surface area contributed by atoms with Crippen LogP contribution < -0.4 is 4.90 Å². The second kappa shape index (κ2) is 10.5. The van der Waals surface area contributed by atoms with Crippen LogP contribution in [0.25, 0.3) is 73.0 Å². The lowest BCUT2D eigenvalue weighted by Crippen LogP contribution is -2.10. The number of hydrogen-bond acceptors (Lipinski definition) is 3. The SMILES string of the molecule is c1ccc2c(c1)ccc1ccc(N(c3ccc(-c4ccc5c(c4)sc4ccccc45)cc3)c3cccc4c3sc3ccccc34)cc12. The number of fused-ring (bicyclic) bond motifs is 9. The molecule has 10 aromatic rings. The molecule has 0 aliphatic carbocycles. The van der Waals surface area contributed by atoms with Crippen molar-refractivity contribution in [2.24, 2.45) is 0 Å². The molecule has 0 fully saturated rings. The van der Waals surface area contributed by atoms with Gasteiger partial charge in [-0.15, -0.1) is 22.7 Å². The average Bonchev–Trinajstić information content (AvgIpc) is 3.70. The van der Waals surface area contributed by atoms with Gasteiger partial charge in [0.15, 0.2) is 0 Å². The van der Waals surface area contributed by atoms with Crippen LogP contribution in [0.4, 0.5) is 17.1 Å². The summed E-state index contributed by atoms with van der Waals surface area (Å²) in [6.45, 7) is 0. The summed E-state index contributed by atoms with van der Waals surface area (Å²) in [5.41, 5.74) is 5.95. The molecule has 47 heavy (non-hydrogen) atoms. The number of nitrogens with zero attached hydrogens (tertiary/aromatic N) is 1. The van der Waals surface area contributed by atoms with Gasteiger partial charge in [-0.25, -0.2) is 0 Å². The van der Waals surface area contributed by atoms with Crippen LogP contribution in [-0.4, -0.2) is 0 Å². The first-order valence-electron chi connectivity index (χ1n) is 15.9. The van der Waals surface area contributed by atoms with Gasteiger partial charge in [0.05, 0.1) is 10.4 Å². The Morgan fingerprint density at radius 3 is 1.77 bits per heavy atom. The molecule has 0 N–H and O–H groups in total. The van der Waals surface area contributed by atoms with Gasteiger partial charge in [-0.05, 0) is 81.2 Å². The van der Waals surface area contributed by atoms with Crippen LogP contribution >= 0.6 is 22.7 Å². The minimum Gasteiger partial charge on any atom is -0.309 e. The highest BCUT2D eigenvalue weighted by atomic mass is 32.1. The Morgan fingerprint density at radius 2 is 0.936 bits per heavy atom. The number of hydrogen-bond donors (Lipinski definition) is 0. The summed E-state index contributed by atoms with van der Waals surface area (Å²) in [5.74, 6) is 0. The molecular weight excluding hydrogens is 607 g/mol. The molecular formula is C44H27NS2. The highest BCUT2D eigenvalue weighted by molar-refractivity contribution is 7.26. The van der Waals surface area contributed by atoms with Crippen molar-refractivity contribution < 1.29 is 0 Å². The third kappa shape index (κ3) is 4.28. The van der Waals surface area contributed by atoms with E-state index in [9.17, 15) is 0 Å². The highest BCUT2D eigenvalue weighted by Gasteiger charge is 2.19. The van der Waals surface area contributed by atoms with Crippen LogP contribution in [0.3, 0.4) is 0 Å². The van der Waals surface area contributed by atoms with Crippen molar-refractivity contribution in [1.29, 1.82) is 0 Å². The first kappa shape index (κ1) is 26.7. The van der Waals surface area contributed by atoms with E-state index in [2.05, 4.69) is 169 Å². The zero-order valence-electron chi connectivity index (χ0n) is 25.4. The first-order chi connectivity index (χ1) is 23.3. The molecule has 2 heterocycles. The third-order valence-electron chi connectivity index (χ3n) is 9.45. The van der Waals surface area contributed by atoms with Crippen molar-refractivity contribution in [3.05, 3.63) is 164 Å². The quantitative estimate of drug-likeness (QED) is 0.174. The fourth-order valence-electron chi connectivity index (χ4n) is 7.17. The van der Waals surface area contributed by atoms with Gasteiger partial charge in [0, 0.05) is 47.0 Å². The van der Waals surface area contributed by atoms with Crippen LogP contribution in [0, 0.1) is 0 Å². The normalized spacial score (nSPS) is 11.8. The molecule has 0 aliphatic rings. The standard InChI is InChI=1S/C44H27NS2/c1-2-9-34-29(8-1)16-17-30-20-24-33(27-39(30)34)45(40-13-7-12-38-36-11-4-6-15-42(36)47-44(38)40)32-22-18-28(19-23-32)31-21-25-37-35-10-3-5-14-41(35)46-43(37)26-31/h1-27H. The third-order valence-corrected chi connectivity index (χ3v) is 11.8. The van der Waals surface area contributed by atoms with E-state index in [1.54, 1.807) is 0 Å². The molecule has 1 nitrogen and oxygen atoms in total. The summed E-state index contributed by atoms with van der Waals surface area (Å²) in [6.07, 6.45) is 0. The molecule has 0 aliphatic heterocycles. The van der Waals surface area contributed by atoms with E-state index in [4.69, 9.17) is 0 Å². The van der Waals surface area contributed by atoms with Gasteiger partial charge in [0.1, 0.15) is 0 Å². The van der Waals surface area contributed by atoms with E-state index in [0.717, 1.165) is 11.4 Å². The lowest BCUT2D eigenvalue weighted by Gasteiger charge is -2.27. The summed E-state index contributed by atoms with van der Waals surface area (Å²) in [4.78, 5) is 2.44. The minimum absolute atomic E-state index is 1.14. The van der Waals surface area contributed by atoms with Crippen LogP contribution in [0.5, 0.6) is 0 Å². The Morgan fingerprint density at radius 1 is 0.340 bits per heavy atom. The fourth-order valence-corrected chi connectivity index (χ4v) is 9.52. The molecule has 0 bridgehead atoms. The maximum atomic E-state index is 2.44. The van der Waals surface area contributed by atoms with E-state index < -0.39 is 0 Å². The fraction of sp³-hybridized carbons (Fsp3) is 0. The molecule has 2 aromatic heterocycles. The van der Waals surface area contributed by atoms with Crippen LogP contribution in [0.2, 0.25) is 0 Å². The Balaban J connectivity index is 1.16. The zero-order valence-corrected chi connectivity index (χ0v) is 27.0. The molecule has 0 radical (unpaired) electrons. The van der Waals surface area contributed by atoms with Crippen molar-refractivity contribution >= 4 is 102 Å². The molecule has 0 spiro atoms. The number of benzene rings is 8. The number of rotatable bonds is 4. The van der Waals surface area contributed by atoms with E-state index in [1.165, 1.54) is 78.7 Å². The Labute approximate surface area is 280 Å². The molecule has 0 atom stereocenters. The Kier molecular flexibility index (Phi) is 5.98. The topological polar surface area (TPSA) is 3.24 Å². The monoisotopic (exact) mass is 633 g/mol. The second-order valence-electron chi connectivity index (χ2n) is 12.1. The van der Waals surface area contributed by atoms with E-state index in [0.29, 0.717) is 0 Å². The molecule has 220 valence electrons. The van der Waals surface area contributed by atoms with Gasteiger partial charge in [0.2, 0.25) is 0 Å². The van der Waals surface area contributed by atoms with Crippen molar-refractivity contribution in [2.45, 2.75) is 0 Å². The van der Waals surface area contributed by atoms with Crippen molar-refractivity contribution in [2.75, 3.05) is 4.90 Å². The van der Waals surface area contributed by atoms with Crippen LogP contribution in [-0.2, 0) is 0 Å². The average molecular weight is 634 g/mol. The van der Waals surface area contributed by atoms with Gasteiger partial charge in [-0.3, -0.25) is 0 Å². The first-order valence-corrected chi connectivity index (χ1v) is 17.6. The molecule has 10 rings (SSSR count). The maximum Gasteiger partial charge on any atom is 0.0640 e.